The van der Waals surface area contributed by atoms with Crippen molar-refractivity contribution in [3.8, 4) is 0 Å². The molecular weight excluding hydrogens is 276 g/mol. The summed E-state index contributed by atoms with van der Waals surface area (Å²) >= 11 is 0. The van der Waals surface area contributed by atoms with Gasteiger partial charge in [-0.05, 0) is 37.3 Å². The third-order valence-electron chi connectivity index (χ3n) is 2.47. The van der Waals surface area contributed by atoms with Crippen molar-refractivity contribution in [3.63, 3.8) is 0 Å². The average molecular weight is 292 g/mol. The van der Waals surface area contributed by atoms with E-state index in [9.17, 15) is 14.4 Å². The van der Waals surface area contributed by atoms with Gasteiger partial charge in [0, 0.05) is 11.4 Å². The minimum Gasteiger partial charge on any atom is -0.480 e. The van der Waals surface area contributed by atoms with Gasteiger partial charge < -0.3 is 20.4 Å². The van der Waals surface area contributed by atoms with Crippen molar-refractivity contribution in [1.82, 2.24) is 0 Å². The molecule has 1 aromatic rings. The lowest BCUT2D eigenvalue weighted by Crippen LogP contribution is -2.34. The zero-order valence-corrected chi connectivity index (χ0v) is 11.4. The fourth-order valence-electron chi connectivity index (χ4n) is 1.66. The van der Waals surface area contributed by atoms with Gasteiger partial charge in [-0.15, -0.1) is 0 Å². The fourth-order valence-corrected chi connectivity index (χ4v) is 1.66. The van der Waals surface area contributed by atoms with Gasteiger partial charge in [0.1, 0.15) is 13.1 Å². The van der Waals surface area contributed by atoms with Crippen LogP contribution in [0.15, 0.2) is 36.4 Å². The molecule has 0 spiro atoms. The Balaban J connectivity index is 2.83. The van der Waals surface area contributed by atoms with Crippen molar-refractivity contribution in [1.29, 1.82) is 0 Å². The molecule has 0 bridgehead atoms. The number of carbonyl (C=O) groups is 3. The molecule has 0 heterocycles. The first kappa shape index (κ1) is 16.2. The van der Waals surface area contributed by atoms with Gasteiger partial charge in [-0.3, -0.25) is 14.4 Å². The summed E-state index contributed by atoms with van der Waals surface area (Å²) in [5, 5.41) is 20.2. The van der Waals surface area contributed by atoms with Gasteiger partial charge in [0.2, 0.25) is 5.91 Å². The number of carboxylic acids is 2. The number of aliphatic carboxylic acids is 2. The molecule has 3 N–H and O–H groups in total. The van der Waals surface area contributed by atoms with E-state index in [-0.39, 0.29) is 5.91 Å². The molecule has 1 rings (SSSR count). The quantitative estimate of drug-likeness (QED) is 0.651. The third kappa shape index (κ3) is 5.77. The summed E-state index contributed by atoms with van der Waals surface area (Å²) < 4.78 is 0. The summed E-state index contributed by atoms with van der Waals surface area (Å²) in [6, 6.07) is 6.26. The predicted molar refractivity (Wildman–Crippen MR) is 77.4 cm³/mol. The number of amides is 1. The first-order valence-electron chi connectivity index (χ1n) is 6.14. The Kier molecular flexibility index (Phi) is 5.94. The van der Waals surface area contributed by atoms with Crippen LogP contribution in [0.2, 0.25) is 0 Å². The molecule has 7 heteroatoms. The molecular formula is C14H16N2O5. The van der Waals surface area contributed by atoms with Crippen LogP contribution in [0.1, 0.15) is 6.92 Å². The lowest BCUT2D eigenvalue weighted by Gasteiger charge is -2.20. The Morgan fingerprint density at radius 1 is 1.10 bits per heavy atom. The van der Waals surface area contributed by atoms with Gasteiger partial charge >= 0.3 is 11.9 Å². The lowest BCUT2D eigenvalue weighted by atomic mass is 10.2. The standard InChI is InChI=1S/C14H16N2O5/c1-2-3-12(17)15-10-4-6-11(7-5-10)16(8-13(18)19)9-14(20)21/h2-7H,8-9H2,1H3,(H,15,17)(H,18,19)(H,20,21). The molecule has 0 aliphatic heterocycles. The molecule has 0 fully saturated rings. The zero-order chi connectivity index (χ0) is 15.8. The van der Waals surface area contributed by atoms with Gasteiger partial charge in [-0.2, -0.15) is 0 Å². The molecule has 1 aromatic carbocycles. The van der Waals surface area contributed by atoms with E-state index in [0.29, 0.717) is 11.4 Å². The van der Waals surface area contributed by atoms with E-state index < -0.39 is 25.0 Å². The number of hydrogen-bond acceptors (Lipinski definition) is 4. The topological polar surface area (TPSA) is 107 Å². The predicted octanol–water partition coefficient (Wildman–Crippen LogP) is 1.18. The highest BCUT2D eigenvalue weighted by atomic mass is 16.4. The van der Waals surface area contributed by atoms with Gasteiger partial charge in [-0.1, -0.05) is 6.08 Å². The summed E-state index contributed by atoms with van der Waals surface area (Å²) in [6.07, 6.45) is 2.97. The van der Waals surface area contributed by atoms with Crippen molar-refractivity contribution >= 4 is 29.2 Å². The number of benzene rings is 1. The fraction of sp³-hybridized carbons (Fsp3) is 0.214. The van der Waals surface area contributed by atoms with Crippen molar-refractivity contribution in [2.45, 2.75) is 6.92 Å². The second-order valence-electron chi connectivity index (χ2n) is 4.18. The molecule has 0 aliphatic carbocycles. The Labute approximate surface area is 121 Å². The molecule has 0 unspecified atom stereocenters. The molecule has 0 radical (unpaired) electrons. The molecule has 0 aromatic heterocycles. The van der Waals surface area contributed by atoms with Crippen molar-refractivity contribution in [2.24, 2.45) is 0 Å². The monoisotopic (exact) mass is 292 g/mol. The number of nitrogens with one attached hydrogen (secondary N) is 1. The van der Waals surface area contributed by atoms with Crippen LogP contribution in [0.5, 0.6) is 0 Å². The summed E-state index contributed by atoms with van der Waals surface area (Å²) in [6.45, 7) is 0.880. The summed E-state index contributed by atoms with van der Waals surface area (Å²) in [7, 11) is 0. The molecule has 0 aliphatic rings. The summed E-state index contributed by atoms with van der Waals surface area (Å²) in [5.74, 6) is -2.53. The Morgan fingerprint density at radius 2 is 1.62 bits per heavy atom. The van der Waals surface area contributed by atoms with Crippen LogP contribution in [-0.2, 0) is 14.4 Å². The van der Waals surface area contributed by atoms with Crippen LogP contribution in [0.3, 0.4) is 0 Å². The molecule has 0 saturated heterocycles. The number of hydrogen-bond donors (Lipinski definition) is 3. The highest BCUT2D eigenvalue weighted by Crippen LogP contribution is 2.17. The smallest absolute Gasteiger partial charge is 0.323 e. The number of allylic oxidation sites excluding steroid dienone is 1. The molecule has 0 saturated carbocycles. The van der Waals surface area contributed by atoms with Crippen LogP contribution >= 0.6 is 0 Å². The summed E-state index contributed by atoms with van der Waals surface area (Å²) in [5.41, 5.74) is 0.983. The SMILES string of the molecule is CC=CC(=O)Nc1ccc(N(CC(=O)O)CC(=O)O)cc1. The number of carboxylic acid groups (broad SMARTS) is 2. The highest BCUT2D eigenvalue weighted by Gasteiger charge is 2.14. The Bertz CT molecular complexity index is 535. The minimum atomic E-state index is -1.12. The Hall–Kier alpha value is -2.83. The van der Waals surface area contributed by atoms with Crippen LogP contribution < -0.4 is 10.2 Å². The van der Waals surface area contributed by atoms with E-state index in [2.05, 4.69) is 5.32 Å². The maximum atomic E-state index is 11.4. The van der Waals surface area contributed by atoms with E-state index in [1.807, 2.05) is 0 Å². The van der Waals surface area contributed by atoms with E-state index in [1.165, 1.54) is 11.0 Å². The molecule has 21 heavy (non-hydrogen) atoms. The van der Waals surface area contributed by atoms with E-state index in [0.717, 1.165) is 0 Å². The largest absolute Gasteiger partial charge is 0.480 e. The molecule has 0 atom stereocenters. The van der Waals surface area contributed by atoms with E-state index in [4.69, 9.17) is 10.2 Å². The van der Waals surface area contributed by atoms with Crippen molar-refractivity contribution in [3.05, 3.63) is 36.4 Å². The lowest BCUT2D eigenvalue weighted by molar-refractivity contribution is -0.136. The minimum absolute atomic E-state index is 0.279. The van der Waals surface area contributed by atoms with Gasteiger partial charge in [0.15, 0.2) is 0 Å². The first-order chi connectivity index (χ1) is 9.92. The van der Waals surface area contributed by atoms with Crippen LogP contribution in [-0.4, -0.2) is 41.1 Å². The number of rotatable bonds is 7. The third-order valence-corrected chi connectivity index (χ3v) is 2.47. The van der Waals surface area contributed by atoms with Crippen LogP contribution in [0.25, 0.3) is 0 Å². The van der Waals surface area contributed by atoms with Crippen LogP contribution in [0.4, 0.5) is 11.4 Å². The molecule has 1 amide bonds. The van der Waals surface area contributed by atoms with E-state index in [1.54, 1.807) is 37.3 Å². The zero-order valence-electron chi connectivity index (χ0n) is 11.4. The number of carbonyl (C=O) groups excluding carboxylic acids is 1. The maximum absolute atomic E-state index is 11.4. The van der Waals surface area contributed by atoms with Crippen molar-refractivity contribution in [2.75, 3.05) is 23.3 Å². The second kappa shape index (κ2) is 7.68. The maximum Gasteiger partial charge on any atom is 0.323 e. The second-order valence-corrected chi connectivity index (χ2v) is 4.18. The number of anilines is 2. The summed E-state index contributed by atoms with van der Waals surface area (Å²) in [4.78, 5) is 34.1. The first-order valence-corrected chi connectivity index (χ1v) is 6.14. The van der Waals surface area contributed by atoms with Gasteiger partial charge in [-0.25, -0.2) is 0 Å². The Morgan fingerprint density at radius 3 is 2.05 bits per heavy atom. The van der Waals surface area contributed by atoms with Crippen LogP contribution in [0, 0.1) is 0 Å². The average Bonchev–Trinajstić information content (AvgIpc) is 2.38. The van der Waals surface area contributed by atoms with Gasteiger partial charge in [0.25, 0.3) is 0 Å². The normalized spacial score (nSPS) is 10.3. The van der Waals surface area contributed by atoms with Gasteiger partial charge in [0.05, 0.1) is 0 Å². The molecule has 112 valence electrons. The van der Waals surface area contributed by atoms with Crippen molar-refractivity contribution < 1.29 is 24.6 Å². The van der Waals surface area contributed by atoms with E-state index >= 15 is 0 Å². The molecule has 7 nitrogen and oxygen atoms in total. The number of nitrogens with zero attached hydrogens (tertiary/aromatic N) is 1. The highest BCUT2D eigenvalue weighted by molar-refractivity contribution is 5.99.